The Kier molecular flexibility index (Phi) is 3.67. The van der Waals surface area contributed by atoms with Crippen molar-refractivity contribution in [3.05, 3.63) is 60.4 Å². The lowest BCUT2D eigenvalue weighted by Gasteiger charge is -2.09. The number of benzene rings is 1. The molecule has 1 aromatic carbocycles. The van der Waals surface area contributed by atoms with Crippen LogP contribution in [0.2, 0.25) is 0 Å². The fourth-order valence-corrected chi connectivity index (χ4v) is 2.01. The zero-order valence-electron chi connectivity index (χ0n) is 11.7. The van der Waals surface area contributed by atoms with Gasteiger partial charge in [-0.2, -0.15) is 4.98 Å². The van der Waals surface area contributed by atoms with Gasteiger partial charge in [-0.1, -0.05) is 24.1 Å². The smallest absolute Gasteiger partial charge is 0.229 e. The highest BCUT2D eigenvalue weighted by atomic mass is 15.1. The van der Waals surface area contributed by atoms with Crippen molar-refractivity contribution < 1.29 is 0 Å². The SMILES string of the molecule is C#Cc1ccccc1Nc1ncc(-c2ccccn2)c(N)n1. The second kappa shape index (κ2) is 5.94. The van der Waals surface area contributed by atoms with E-state index in [1.54, 1.807) is 12.4 Å². The van der Waals surface area contributed by atoms with Crippen LogP contribution in [0.5, 0.6) is 0 Å². The standard InChI is InChI=1S/C17H13N5/c1-2-12-7-3-4-8-14(12)21-17-20-11-13(16(18)22-17)15-9-5-6-10-19-15/h1,3-11H,(H3,18,20,21,22). The number of aromatic nitrogens is 3. The topological polar surface area (TPSA) is 76.7 Å². The Morgan fingerprint density at radius 1 is 1.05 bits per heavy atom. The van der Waals surface area contributed by atoms with Gasteiger partial charge in [0.1, 0.15) is 5.82 Å². The Morgan fingerprint density at radius 2 is 1.86 bits per heavy atom. The van der Waals surface area contributed by atoms with Crippen LogP contribution in [0.3, 0.4) is 0 Å². The first-order chi connectivity index (χ1) is 10.8. The molecule has 5 nitrogen and oxygen atoms in total. The summed E-state index contributed by atoms with van der Waals surface area (Å²) in [5, 5.41) is 3.08. The Morgan fingerprint density at radius 3 is 2.59 bits per heavy atom. The third-order valence-electron chi connectivity index (χ3n) is 3.09. The van der Waals surface area contributed by atoms with Gasteiger partial charge in [0, 0.05) is 18.0 Å². The number of para-hydroxylation sites is 1. The van der Waals surface area contributed by atoms with Gasteiger partial charge in [-0.25, -0.2) is 4.98 Å². The van der Waals surface area contributed by atoms with Gasteiger partial charge < -0.3 is 11.1 Å². The van der Waals surface area contributed by atoms with E-state index >= 15 is 0 Å². The van der Waals surface area contributed by atoms with E-state index in [9.17, 15) is 0 Å². The molecule has 0 radical (unpaired) electrons. The maximum Gasteiger partial charge on any atom is 0.229 e. The lowest BCUT2D eigenvalue weighted by molar-refractivity contribution is 1.16. The molecule has 22 heavy (non-hydrogen) atoms. The number of nitrogens with zero attached hydrogens (tertiary/aromatic N) is 3. The summed E-state index contributed by atoms with van der Waals surface area (Å²) >= 11 is 0. The number of hydrogen-bond acceptors (Lipinski definition) is 5. The average Bonchev–Trinajstić information content (AvgIpc) is 2.56. The van der Waals surface area contributed by atoms with Crippen molar-refractivity contribution in [1.82, 2.24) is 15.0 Å². The van der Waals surface area contributed by atoms with Crippen LogP contribution >= 0.6 is 0 Å². The van der Waals surface area contributed by atoms with E-state index in [4.69, 9.17) is 12.2 Å². The van der Waals surface area contributed by atoms with Crippen LogP contribution in [0.4, 0.5) is 17.5 Å². The lowest BCUT2D eigenvalue weighted by Crippen LogP contribution is -2.03. The molecule has 0 fully saturated rings. The average molecular weight is 287 g/mol. The Balaban J connectivity index is 1.91. The van der Waals surface area contributed by atoms with Gasteiger partial charge in [-0.05, 0) is 24.3 Å². The van der Waals surface area contributed by atoms with Crippen molar-refractivity contribution in [3.8, 4) is 23.6 Å². The van der Waals surface area contributed by atoms with Gasteiger partial charge in [0.05, 0.1) is 16.9 Å². The highest BCUT2D eigenvalue weighted by Gasteiger charge is 2.08. The molecule has 0 atom stereocenters. The van der Waals surface area contributed by atoms with E-state index in [1.807, 2.05) is 42.5 Å². The van der Waals surface area contributed by atoms with Crippen LogP contribution in [0.25, 0.3) is 11.3 Å². The van der Waals surface area contributed by atoms with E-state index in [2.05, 4.69) is 26.2 Å². The molecule has 5 heteroatoms. The number of nitrogens with one attached hydrogen (secondary N) is 1. The molecule has 0 saturated carbocycles. The maximum atomic E-state index is 6.01. The predicted molar refractivity (Wildman–Crippen MR) is 87.3 cm³/mol. The molecule has 3 rings (SSSR count). The van der Waals surface area contributed by atoms with E-state index in [0.717, 1.165) is 16.9 Å². The molecule has 0 aliphatic heterocycles. The first kappa shape index (κ1) is 13.6. The van der Waals surface area contributed by atoms with Crippen LogP contribution in [0.1, 0.15) is 5.56 Å². The van der Waals surface area contributed by atoms with E-state index < -0.39 is 0 Å². The fourth-order valence-electron chi connectivity index (χ4n) is 2.01. The largest absolute Gasteiger partial charge is 0.383 e. The molecule has 0 spiro atoms. The molecule has 0 bridgehead atoms. The van der Waals surface area contributed by atoms with Crippen molar-refractivity contribution >= 4 is 17.5 Å². The molecular formula is C17H13N5. The highest BCUT2D eigenvalue weighted by Crippen LogP contribution is 2.24. The van der Waals surface area contributed by atoms with Crippen LogP contribution in [-0.4, -0.2) is 15.0 Å². The van der Waals surface area contributed by atoms with Gasteiger partial charge in [-0.3, -0.25) is 4.98 Å². The fraction of sp³-hybridized carbons (Fsp3) is 0. The predicted octanol–water partition coefficient (Wildman–Crippen LogP) is 2.85. The number of terminal acetylenes is 1. The molecule has 0 amide bonds. The molecule has 106 valence electrons. The number of nitrogen functional groups attached to an aromatic ring is 1. The second-order valence-electron chi connectivity index (χ2n) is 4.52. The minimum atomic E-state index is 0.356. The van der Waals surface area contributed by atoms with Gasteiger partial charge in [0.15, 0.2) is 0 Å². The summed E-state index contributed by atoms with van der Waals surface area (Å²) in [6, 6.07) is 13.0. The van der Waals surface area contributed by atoms with Crippen LogP contribution in [-0.2, 0) is 0 Å². The Labute approximate surface area is 128 Å². The monoisotopic (exact) mass is 287 g/mol. The van der Waals surface area contributed by atoms with Gasteiger partial charge in [0.2, 0.25) is 5.95 Å². The maximum absolute atomic E-state index is 6.01. The zero-order valence-corrected chi connectivity index (χ0v) is 11.7. The minimum Gasteiger partial charge on any atom is -0.383 e. The molecule has 0 saturated heterocycles. The summed E-state index contributed by atoms with van der Waals surface area (Å²) in [4.78, 5) is 12.8. The molecule has 2 heterocycles. The Hall–Kier alpha value is -3.39. The molecule has 3 aromatic rings. The molecular weight excluding hydrogens is 274 g/mol. The Bertz CT molecular complexity index is 837. The number of anilines is 3. The highest BCUT2D eigenvalue weighted by molar-refractivity contribution is 5.72. The van der Waals surface area contributed by atoms with E-state index in [-0.39, 0.29) is 0 Å². The third kappa shape index (κ3) is 2.72. The molecule has 0 unspecified atom stereocenters. The van der Waals surface area contributed by atoms with Crippen molar-refractivity contribution in [2.75, 3.05) is 11.1 Å². The van der Waals surface area contributed by atoms with Crippen molar-refractivity contribution in [3.63, 3.8) is 0 Å². The van der Waals surface area contributed by atoms with Crippen molar-refractivity contribution in [2.24, 2.45) is 0 Å². The van der Waals surface area contributed by atoms with Crippen LogP contribution in [0.15, 0.2) is 54.9 Å². The summed E-state index contributed by atoms with van der Waals surface area (Å²) in [5.74, 6) is 3.35. The van der Waals surface area contributed by atoms with Crippen molar-refractivity contribution in [2.45, 2.75) is 0 Å². The zero-order chi connectivity index (χ0) is 15.4. The van der Waals surface area contributed by atoms with Crippen molar-refractivity contribution in [1.29, 1.82) is 0 Å². The van der Waals surface area contributed by atoms with Gasteiger partial charge in [0.25, 0.3) is 0 Å². The van der Waals surface area contributed by atoms with E-state index in [0.29, 0.717) is 17.3 Å². The van der Waals surface area contributed by atoms with Gasteiger partial charge >= 0.3 is 0 Å². The quantitative estimate of drug-likeness (QED) is 0.724. The minimum absolute atomic E-state index is 0.356. The second-order valence-corrected chi connectivity index (χ2v) is 4.52. The van der Waals surface area contributed by atoms with Crippen LogP contribution in [0, 0.1) is 12.3 Å². The number of hydrogen-bond donors (Lipinski definition) is 2. The number of nitrogens with two attached hydrogens (primary N) is 1. The van der Waals surface area contributed by atoms with Crippen LogP contribution < -0.4 is 11.1 Å². The third-order valence-corrected chi connectivity index (χ3v) is 3.09. The summed E-state index contributed by atoms with van der Waals surface area (Å²) in [7, 11) is 0. The van der Waals surface area contributed by atoms with E-state index in [1.165, 1.54) is 0 Å². The summed E-state index contributed by atoms with van der Waals surface area (Å²) in [6.07, 6.45) is 8.81. The molecule has 0 aliphatic rings. The molecule has 2 aromatic heterocycles. The number of rotatable bonds is 3. The first-order valence-corrected chi connectivity index (χ1v) is 6.64. The summed E-state index contributed by atoms with van der Waals surface area (Å²) in [5.41, 5.74) is 8.92. The summed E-state index contributed by atoms with van der Waals surface area (Å²) in [6.45, 7) is 0. The van der Waals surface area contributed by atoms with Gasteiger partial charge in [-0.15, -0.1) is 6.42 Å². The lowest BCUT2D eigenvalue weighted by atomic mass is 10.2. The number of pyridine rings is 1. The summed E-state index contributed by atoms with van der Waals surface area (Å²) < 4.78 is 0. The molecule has 3 N–H and O–H groups in total. The normalized spacial score (nSPS) is 9.95. The first-order valence-electron chi connectivity index (χ1n) is 6.64. The molecule has 0 aliphatic carbocycles.